The monoisotopic (exact) mass is 622 g/mol. The number of non-ortho nitro benzene ring substituents is 1. The molecule has 11 nitrogen and oxygen atoms in total. The second kappa shape index (κ2) is 10.4. The smallest absolute Gasteiger partial charge is 0.346 e. The molecule has 0 radical (unpaired) electrons. The molecule has 15 heteroatoms. The summed E-state index contributed by atoms with van der Waals surface area (Å²) in [6.45, 7) is 0. The molecule has 0 atom stereocenters. The molecule has 0 aliphatic heterocycles. The molecule has 0 N–H and O–H groups in total. The zero-order chi connectivity index (χ0) is 28.7. The molecule has 0 saturated carbocycles. The quantitative estimate of drug-likeness (QED) is 0.0958. The normalized spacial score (nSPS) is 11.5. The number of hydrogen-bond donors (Lipinski definition) is 0. The molecule has 6 rings (SSSR count). The Hall–Kier alpha value is -4.57. The van der Waals surface area contributed by atoms with Crippen LogP contribution in [0, 0.1) is 20.2 Å². The number of thiophene rings is 2. The summed E-state index contributed by atoms with van der Waals surface area (Å²) in [5, 5.41) is 24.4. The fourth-order valence-corrected chi connectivity index (χ4v) is 7.60. The van der Waals surface area contributed by atoms with Crippen LogP contribution in [0.1, 0.15) is 0 Å². The number of nitrogens with zero attached hydrogens (tertiary/aromatic N) is 4. The second-order valence-corrected chi connectivity index (χ2v) is 12.6. The Labute approximate surface area is 243 Å². The summed E-state index contributed by atoms with van der Waals surface area (Å²) >= 11 is 4.34. The van der Waals surface area contributed by atoms with E-state index in [0.717, 1.165) is 66.2 Å². The lowest BCUT2D eigenvalue weighted by Gasteiger charge is -2.08. The van der Waals surface area contributed by atoms with Crippen LogP contribution in [0.2, 0.25) is 0 Å². The van der Waals surface area contributed by atoms with Crippen molar-refractivity contribution in [2.75, 3.05) is 0 Å². The Bertz CT molecular complexity index is 2050. The first-order valence-electron chi connectivity index (χ1n) is 11.6. The largest absolute Gasteiger partial charge is 0.379 e. The van der Waals surface area contributed by atoms with E-state index in [2.05, 4.69) is 8.75 Å². The Balaban J connectivity index is 1.25. The molecule has 3 aromatic heterocycles. The number of fused-ring (bicyclic) bond motifs is 1. The zero-order valence-corrected chi connectivity index (χ0v) is 23.6. The summed E-state index contributed by atoms with van der Waals surface area (Å²) < 4.78 is 39.8. The van der Waals surface area contributed by atoms with Gasteiger partial charge in [-0.3, -0.25) is 20.2 Å². The Morgan fingerprint density at radius 1 is 0.756 bits per heavy atom. The molecule has 0 amide bonds. The van der Waals surface area contributed by atoms with Crippen molar-refractivity contribution in [3.05, 3.63) is 104 Å². The van der Waals surface area contributed by atoms with Crippen LogP contribution in [-0.2, 0) is 10.1 Å². The fourth-order valence-electron chi connectivity index (χ4n) is 4.15. The molecule has 41 heavy (non-hydrogen) atoms. The summed E-state index contributed by atoms with van der Waals surface area (Å²) in [5.41, 5.74) is 2.91. The first-order chi connectivity index (χ1) is 19.7. The van der Waals surface area contributed by atoms with E-state index in [1.54, 1.807) is 23.5 Å². The van der Waals surface area contributed by atoms with E-state index in [4.69, 9.17) is 4.18 Å². The van der Waals surface area contributed by atoms with Crippen molar-refractivity contribution < 1.29 is 22.4 Å². The van der Waals surface area contributed by atoms with Crippen LogP contribution in [0.5, 0.6) is 5.75 Å². The molecule has 0 spiro atoms. The summed E-state index contributed by atoms with van der Waals surface area (Å²) in [5.74, 6) is -0.0717. The van der Waals surface area contributed by atoms with Gasteiger partial charge in [-0.05, 0) is 59.5 Å². The van der Waals surface area contributed by atoms with Gasteiger partial charge < -0.3 is 4.18 Å². The minimum absolute atomic E-state index is 0.0717. The number of hydrogen-bond acceptors (Lipinski definition) is 12. The third-order valence-electron chi connectivity index (χ3n) is 6.04. The van der Waals surface area contributed by atoms with Crippen LogP contribution < -0.4 is 4.18 Å². The van der Waals surface area contributed by atoms with E-state index in [1.807, 2.05) is 41.8 Å². The highest BCUT2D eigenvalue weighted by atomic mass is 32.2. The van der Waals surface area contributed by atoms with E-state index in [9.17, 15) is 28.6 Å². The van der Waals surface area contributed by atoms with Crippen molar-refractivity contribution >= 4 is 66.9 Å². The summed E-state index contributed by atoms with van der Waals surface area (Å²) in [6, 6.07) is 20.5. The molecule has 0 saturated heterocycles. The number of benzene rings is 3. The molecule has 0 aliphatic carbocycles. The lowest BCUT2D eigenvalue weighted by Crippen LogP contribution is -2.12. The molecule has 0 aliphatic rings. The zero-order valence-electron chi connectivity index (χ0n) is 20.4. The van der Waals surface area contributed by atoms with Gasteiger partial charge in [0.1, 0.15) is 16.8 Å². The Morgan fingerprint density at radius 3 is 2.07 bits per heavy atom. The minimum atomic E-state index is -4.65. The molecule has 0 unspecified atom stereocenters. The lowest BCUT2D eigenvalue weighted by molar-refractivity contribution is -0.396. The SMILES string of the molecule is O=[N+]([O-])c1ccc(S(=O)(=O)Oc2ccc(-c3ccc(-c4ccc(-c5cccs5)c5nsnc45)s3)cc2)c([N+](=O)[O-])c1. The third kappa shape index (κ3) is 5.06. The predicted molar refractivity (Wildman–Crippen MR) is 157 cm³/mol. The average molecular weight is 623 g/mol. The number of nitro benzene ring substituents is 2. The van der Waals surface area contributed by atoms with E-state index in [-0.39, 0.29) is 5.75 Å². The number of rotatable bonds is 8. The molecule has 0 bridgehead atoms. The molecular formula is C26H14N4O7S4. The standard InChI is InChI=1S/C26H14N4O7S4/c31-29(32)16-5-12-24(20(14-16)30(33)34)41(35,36)37-17-6-3-15(4-7-17)21-10-11-23(39-21)19-9-8-18(22-2-1-13-38-22)25-26(19)28-40-27-25/h1-14H. The molecule has 3 aromatic carbocycles. The van der Waals surface area contributed by atoms with Crippen molar-refractivity contribution in [2.24, 2.45) is 0 Å². The van der Waals surface area contributed by atoms with E-state index >= 15 is 0 Å². The van der Waals surface area contributed by atoms with Gasteiger partial charge in [-0.2, -0.15) is 17.2 Å². The van der Waals surface area contributed by atoms with Gasteiger partial charge in [-0.25, -0.2) is 0 Å². The lowest BCUT2D eigenvalue weighted by atomic mass is 10.1. The highest BCUT2D eigenvalue weighted by Crippen LogP contribution is 2.41. The van der Waals surface area contributed by atoms with Crippen LogP contribution in [0.3, 0.4) is 0 Å². The van der Waals surface area contributed by atoms with E-state index < -0.39 is 36.2 Å². The maximum atomic E-state index is 12.8. The van der Waals surface area contributed by atoms with E-state index in [0.29, 0.717) is 6.07 Å². The highest BCUT2D eigenvalue weighted by molar-refractivity contribution is 7.87. The Kier molecular flexibility index (Phi) is 6.78. The van der Waals surface area contributed by atoms with Crippen molar-refractivity contribution in [1.29, 1.82) is 0 Å². The fraction of sp³-hybridized carbons (Fsp3) is 0. The van der Waals surface area contributed by atoms with Gasteiger partial charge in [0.2, 0.25) is 0 Å². The maximum Gasteiger partial charge on any atom is 0.346 e. The summed E-state index contributed by atoms with van der Waals surface area (Å²) in [6.07, 6.45) is 0. The van der Waals surface area contributed by atoms with Gasteiger partial charge in [0.15, 0.2) is 4.90 Å². The maximum absolute atomic E-state index is 12.8. The van der Waals surface area contributed by atoms with Gasteiger partial charge in [0, 0.05) is 31.8 Å². The minimum Gasteiger partial charge on any atom is -0.379 e. The van der Waals surface area contributed by atoms with Crippen molar-refractivity contribution in [1.82, 2.24) is 8.75 Å². The van der Waals surface area contributed by atoms with Crippen molar-refractivity contribution in [2.45, 2.75) is 4.90 Å². The number of nitro groups is 2. The van der Waals surface area contributed by atoms with Gasteiger partial charge in [-0.15, -0.1) is 22.7 Å². The third-order valence-corrected chi connectivity index (χ3v) is 9.93. The van der Waals surface area contributed by atoms with Gasteiger partial charge in [-0.1, -0.05) is 18.2 Å². The van der Waals surface area contributed by atoms with Crippen LogP contribution in [0.25, 0.3) is 42.4 Å². The molecular weight excluding hydrogens is 609 g/mol. The molecule has 0 fully saturated rings. The first kappa shape index (κ1) is 26.6. The van der Waals surface area contributed by atoms with Crippen LogP contribution >= 0.6 is 34.4 Å². The van der Waals surface area contributed by atoms with Crippen LogP contribution in [0.15, 0.2) is 89.1 Å². The Morgan fingerprint density at radius 2 is 1.44 bits per heavy atom. The molecule has 6 aromatic rings. The predicted octanol–water partition coefficient (Wildman–Crippen LogP) is 7.40. The van der Waals surface area contributed by atoms with Gasteiger partial charge in [0.05, 0.1) is 27.6 Å². The second-order valence-electron chi connectivity index (χ2n) is 8.49. The van der Waals surface area contributed by atoms with E-state index in [1.165, 1.54) is 23.5 Å². The molecule has 204 valence electrons. The average Bonchev–Trinajstić information content (AvgIpc) is 3.75. The van der Waals surface area contributed by atoms with Gasteiger partial charge >= 0.3 is 10.1 Å². The van der Waals surface area contributed by atoms with Crippen molar-refractivity contribution in [3.63, 3.8) is 0 Å². The van der Waals surface area contributed by atoms with Crippen LogP contribution in [0.4, 0.5) is 11.4 Å². The number of aromatic nitrogens is 2. The first-order valence-corrected chi connectivity index (χ1v) is 15.4. The van der Waals surface area contributed by atoms with Crippen LogP contribution in [-0.4, -0.2) is 27.0 Å². The molecule has 3 heterocycles. The highest BCUT2D eigenvalue weighted by Gasteiger charge is 2.30. The topological polar surface area (TPSA) is 155 Å². The van der Waals surface area contributed by atoms with Gasteiger partial charge in [0.25, 0.3) is 11.4 Å². The summed E-state index contributed by atoms with van der Waals surface area (Å²) in [7, 11) is -4.65. The summed E-state index contributed by atoms with van der Waals surface area (Å²) in [4.78, 5) is 22.7. The van der Waals surface area contributed by atoms with Crippen molar-refractivity contribution in [3.8, 4) is 37.1 Å².